The first-order valence-electron chi connectivity index (χ1n) is 9.07. The highest BCUT2D eigenvalue weighted by Gasteiger charge is 2.11. The third kappa shape index (κ3) is 5.08. The first kappa shape index (κ1) is 18.9. The molecule has 0 aliphatic rings. The van der Waals surface area contributed by atoms with Gasteiger partial charge >= 0.3 is 0 Å². The molecule has 4 rings (SSSR count). The fraction of sp³-hybridized carbons (Fsp3) is 0.0909. The van der Waals surface area contributed by atoms with Gasteiger partial charge in [0.05, 0.1) is 16.3 Å². The number of carbonyl (C=O) groups excluding carboxylic acids is 1. The van der Waals surface area contributed by atoms with Crippen LogP contribution in [-0.4, -0.2) is 26.8 Å². The van der Waals surface area contributed by atoms with Crippen molar-refractivity contribution in [3.8, 4) is 22.8 Å². The summed E-state index contributed by atoms with van der Waals surface area (Å²) in [6.07, 6.45) is 1.67. The quantitative estimate of drug-likeness (QED) is 0.467. The highest BCUT2D eigenvalue weighted by Crippen LogP contribution is 2.23. The van der Waals surface area contributed by atoms with Gasteiger partial charge in [-0.15, -0.1) is 0 Å². The number of thioether (sulfide) groups is 1. The second kappa shape index (κ2) is 9.16. The molecule has 4 aromatic rings. The molecule has 2 aromatic carbocycles. The molecule has 1 amide bonds. The average molecular weight is 402 g/mol. The Morgan fingerprint density at radius 2 is 1.69 bits per heavy atom. The van der Waals surface area contributed by atoms with Gasteiger partial charge in [-0.2, -0.15) is 4.98 Å². The summed E-state index contributed by atoms with van der Waals surface area (Å²) in [4.78, 5) is 20.8. The average Bonchev–Trinajstić information content (AvgIpc) is 3.28. The van der Waals surface area contributed by atoms with Crippen LogP contribution < -0.4 is 5.32 Å². The van der Waals surface area contributed by atoms with Crippen molar-refractivity contribution in [2.45, 2.75) is 11.6 Å². The second-order valence-corrected chi connectivity index (χ2v) is 7.22. The molecular formula is C22H18N4O2S. The van der Waals surface area contributed by atoms with Gasteiger partial charge in [0.2, 0.25) is 11.7 Å². The van der Waals surface area contributed by atoms with E-state index in [1.54, 1.807) is 6.20 Å². The van der Waals surface area contributed by atoms with E-state index in [-0.39, 0.29) is 5.91 Å². The number of benzene rings is 2. The van der Waals surface area contributed by atoms with Gasteiger partial charge < -0.3 is 9.84 Å². The van der Waals surface area contributed by atoms with E-state index in [2.05, 4.69) is 20.4 Å². The fourth-order valence-electron chi connectivity index (χ4n) is 2.62. The van der Waals surface area contributed by atoms with Crippen molar-refractivity contribution in [3.63, 3.8) is 0 Å². The predicted octanol–water partition coefficient (Wildman–Crippen LogP) is 4.21. The van der Waals surface area contributed by atoms with Crippen LogP contribution in [-0.2, 0) is 11.3 Å². The normalized spacial score (nSPS) is 10.6. The summed E-state index contributed by atoms with van der Waals surface area (Å²) >= 11 is 1.38. The van der Waals surface area contributed by atoms with Crippen LogP contribution >= 0.6 is 11.8 Å². The maximum absolute atomic E-state index is 12.0. The molecule has 2 aromatic heterocycles. The first-order chi connectivity index (χ1) is 14.3. The monoisotopic (exact) mass is 402 g/mol. The number of rotatable bonds is 7. The Balaban J connectivity index is 1.31. The molecule has 29 heavy (non-hydrogen) atoms. The van der Waals surface area contributed by atoms with E-state index in [0.717, 1.165) is 21.7 Å². The van der Waals surface area contributed by atoms with Crippen LogP contribution in [0.2, 0.25) is 0 Å². The van der Waals surface area contributed by atoms with E-state index in [9.17, 15) is 4.79 Å². The lowest BCUT2D eigenvalue weighted by atomic mass is 10.2. The number of amides is 1. The smallest absolute Gasteiger partial charge is 0.259 e. The van der Waals surface area contributed by atoms with Crippen molar-refractivity contribution in [1.29, 1.82) is 0 Å². The molecule has 0 radical (unpaired) electrons. The van der Waals surface area contributed by atoms with Gasteiger partial charge in [-0.25, -0.2) is 4.98 Å². The van der Waals surface area contributed by atoms with Crippen LogP contribution in [0.3, 0.4) is 0 Å². The molecule has 2 heterocycles. The summed E-state index contributed by atoms with van der Waals surface area (Å²) in [6.45, 7) is 0.521. The first-order valence-corrected chi connectivity index (χ1v) is 10.1. The number of hydrogen-bond donors (Lipinski definition) is 1. The van der Waals surface area contributed by atoms with Gasteiger partial charge in [-0.3, -0.25) is 4.79 Å². The topological polar surface area (TPSA) is 80.9 Å². The minimum absolute atomic E-state index is 0.0332. The third-order valence-corrected chi connectivity index (χ3v) is 5.07. The lowest BCUT2D eigenvalue weighted by Crippen LogP contribution is -2.24. The summed E-state index contributed by atoms with van der Waals surface area (Å²) < 4.78 is 5.35. The van der Waals surface area contributed by atoms with Crippen molar-refractivity contribution in [1.82, 2.24) is 20.4 Å². The number of carbonyl (C=O) groups is 1. The Bertz CT molecular complexity index is 1070. The van der Waals surface area contributed by atoms with Gasteiger partial charge in [-0.1, -0.05) is 77.6 Å². The van der Waals surface area contributed by atoms with E-state index < -0.39 is 0 Å². The van der Waals surface area contributed by atoms with E-state index in [4.69, 9.17) is 4.52 Å². The second-order valence-electron chi connectivity index (χ2n) is 6.23. The SMILES string of the molecule is O=C(CSc1ccc(-c2nc(-c3ccccc3)no2)cn1)NCc1ccccc1. The van der Waals surface area contributed by atoms with E-state index in [1.807, 2.05) is 72.8 Å². The lowest BCUT2D eigenvalue weighted by Gasteiger charge is -2.05. The number of nitrogens with one attached hydrogen (secondary N) is 1. The molecule has 144 valence electrons. The predicted molar refractivity (Wildman–Crippen MR) is 112 cm³/mol. The Kier molecular flexibility index (Phi) is 5.97. The fourth-order valence-corrected chi connectivity index (χ4v) is 3.30. The molecule has 0 aliphatic heterocycles. The molecular weight excluding hydrogens is 384 g/mol. The standard InChI is InChI=1S/C22H18N4O2S/c27-19(23-13-16-7-3-1-4-8-16)15-29-20-12-11-18(14-24-20)22-25-21(26-28-22)17-9-5-2-6-10-17/h1-12,14H,13,15H2,(H,23,27). The number of hydrogen-bond acceptors (Lipinski definition) is 6. The largest absolute Gasteiger partial charge is 0.351 e. The molecule has 7 heteroatoms. The van der Waals surface area contributed by atoms with Crippen molar-refractivity contribution < 1.29 is 9.32 Å². The van der Waals surface area contributed by atoms with Crippen molar-refractivity contribution in [2.24, 2.45) is 0 Å². The van der Waals surface area contributed by atoms with Gasteiger partial charge in [-0.05, 0) is 17.7 Å². The van der Waals surface area contributed by atoms with E-state index >= 15 is 0 Å². The number of aromatic nitrogens is 3. The Hall–Kier alpha value is -3.45. The van der Waals surface area contributed by atoms with Gasteiger partial charge in [0, 0.05) is 18.3 Å². The Labute approximate surface area is 172 Å². The molecule has 0 bridgehead atoms. The minimum atomic E-state index is -0.0332. The molecule has 0 spiro atoms. The highest BCUT2D eigenvalue weighted by atomic mass is 32.2. The summed E-state index contributed by atoms with van der Waals surface area (Å²) in [5, 5.41) is 7.68. The maximum atomic E-state index is 12.0. The van der Waals surface area contributed by atoms with Gasteiger partial charge in [0.25, 0.3) is 5.89 Å². The third-order valence-electron chi connectivity index (χ3n) is 4.12. The molecule has 6 nitrogen and oxygen atoms in total. The summed E-state index contributed by atoms with van der Waals surface area (Å²) in [6, 6.07) is 23.2. The Morgan fingerprint density at radius 3 is 2.41 bits per heavy atom. The van der Waals surface area contributed by atoms with Crippen LogP contribution in [0.15, 0.2) is 88.5 Å². The summed E-state index contributed by atoms with van der Waals surface area (Å²) in [7, 11) is 0. The van der Waals surface area contributed by atoms with Gasteiger partial charge in [0.1, 0.15) is 0 Å². The van der Waals surface area contributed by atoms with Crippen LogP contribution in [0.25, 0.3) is 22.8 Å². The van der Waals surface area contributed by atoms with Gasteiger partial charge in [0.15, 0.2) is 0 Å². The van der Waals surface area contributed by atoms with Crippen molar-refractivity contribution >= 4 is 17.7 Å². The molecule has 0 aliphatic carbocycles. The maximum Gasteiger partial charge on any atom is 0.259 e. The molecule has 1 N–H and O–H groups in total. The summed E-state index contributed by atoms with van der Waals surface area (Å²) in [5.41, 5.74) is 2.70. The molecule has 0 saturated heterocycles. The number of pyridine rings is 1. The summed E-state index contributed by atoms with van der Waals surface area (Å²) in [5.74, 6) is 1.22. The van der Waals surface area contributed by atoms with E-state index in [1.165, 1.54) is 11.8 Å². The van der Waals surface area contributed by atoms with E-state index in [0.29, 0.717) is 24.0 Å². The zero-order valence-corrected chi connectivity index (χ0v) is 16.3. The molecule has 0 saturated carbocycles. The highest BCUT2D eigenvalue weighted by molar-refractivity contribution is 7.99. The van der Waals surface area contributed by atoms with Crippen LogP contribution in [0, 0.1) is 0 Å². The van der Waals surface area contributed by atoms with Crippen LogP contribution in [0.5, 0.6) is 0 Å². The zero-order valence-electron chi connectivity index (χ0n) is 15.5. The zero-order chi connectivity index (χ0) is 19.9. The van der Waals surface area contributed by atoms with Crippen molar-refractivity contribution in [2.75, 3.05) is 5.75 Å². The van der Waals surface area contributed by atoms with Crippen molar-refractivity contribution in [3.05, 3.63) is 84.6 Å². The molecule has 0 fully saturated rings. The van der Waals surface area contributed by atoms with Crippen LogP contribution in [0.4, 0.5) is 0 Å². The molecule has 0 unspecified atom stereocenters. The number of nitrogens with zero attached hydrogens (tertiary/aromatic N) is 3. The Morgan fingerprint density at radius 1 is 0.931 bits per heavy atom. The minimum Gasteiger partial charge on any atom is -0.351 e. The lowest BCUT2D eigenvalue weighted by molar-refractivity contribution is -0.118. The molecule has 0 atom stereocenters. The van der Waals surface area contributed by atoms with Crippen LogP contribution in [0.1, 0.15) is 5.56 Å².